The van der Waals surface area contributed by atoms with Crippen molar-refractivity contribution in [3.63, 3.8) is 0 Å². The molecule has 0 bridgehead atoms. The van der Waals surface area contributed by atoms with Gasteiger partial charge in [0.05, 0.1) is 29.5 Å². The first-order valence-corrected chi connectivity index (χ1v) is 10.7. The standard InChI is InChI=1S/C20H18Cl3N7O2/c1-10-17(23)11(2)30(26-10)8-13-12(3)32-28-18(13)19(31)25-20-24-9-29(27-20)7-14-15(21)5-4-6-16(14)22/h4-6,9H,7-8H2,1-3H3,(H,25,27,31). The van der Waals surface area contributed by atoms with Crippen molar-refractivity contribution in [2.75, 3.05) is 5.32 Å². The zero-order valence-corrected chi connectivity index (χ0v) is 19.6. The molecule has 0 saturated heterocycles. The molecule has 166 valence electrons. The Morgan fingerprint density at radius 2 is 1.78 bits per heavy atom. The maximum Gasteiger partial charge on any atom is 0.280 e. The fourth-order valence-corrected chi connectivity index (χ4v) is 3.82. The van der Waals surface area contributed by atoms with Gasteiger partial charge in [-0.1, -0.05) is 46.0 Å². The lowest BCUT2D eigenvalue weighted by molar-refractivity contribution is 0.101. The molecule has 0 atom stereocenters. The molecule has 12 heteroatoms. The van der Waals surface area contributed by atoms with Gasteiger partial charge in [-0.05, 0) is 32.9 Å². The summed E-state index contributed by atoms with van der Waals surface area (Å²) in [6.07, 6.45) is 1.47. The van der Waals surface area contributed by atoms with Crippen molar-refractivity contribution in [3.8, 4) is 0 Å². The summed E-state index contributed by atoms with van der Waals surface area (Å²) < 4.78 is 8.48. The van der Waals surface area contributed by atoms with Gasteiger partial charge in [0.25, 0.3) is 5.91 Å². The third-order valence-corrected chi connectivity index (χ3v) is 6.20. The Hall–Kier alpha value is -2.88. The summed E-state index contributed by atoms with van der Waals surface area (Å²) >= 11 is 18.6. The van der Waals surface area contributed by atoms with Gasteiger partial charge in [0.2, 0.25) is 5.95 Å². The average Bonchev–Trinajstić information content (AvgIpc) is 3.41. The molecule has 3 heterocycles. The highest BCUT2D eigenvalue weighted by Crippen LogP contribution is 2.25. The van der Waals surface area contributed by atoms with Crippen molar-refractivity contribution in [3.05, 3.63) is 73.6 Å². The second kappa shape index (κ2) is 8.93. The van der Waals surface area contributed by atoms with Gasteiger partial charge in [-0.2, -0.15) is 5.10 Å². The molecule has 3 aromatic heterocycles. The predicted molar refractivity (Wildman–Crippen MR) is 121 cm³/mol. The van der Waals surface area contributed by atoms with Gasteiger partial charge in [-0.3, -0.25) is 14.8 Å². The minimum Gasteiger partial charge on any atom is -0.361 e. The Labute approximate surface area is 198 Å². The monoisotopic (exact) mass is 493 g/mol. The van der Waals surface area contributed by atoms with Crippen molar-refractivity contribution in [2.24, 2.45) is 0 Å². The summed E-state index contributed by atoms with van der Waals surface area (Å²) in [5, 5.41) is 16.8. The van der Waals surface area contributed by atoms with Crippen LogP contribution in [0, 0.1) is 20.8 Å². The van der Waals surface area contributed by atoms with Gasteiger partial charge >= 0.3 is 0 Å². The number of halogens is 3. The van der Waals surface area contributed by atoms with Crippen molar-refractivity contribution in [2.45, 2.75) is 33.9 Å². The molecule has 4 aromatic rings. The molecule has 0 aliphatic rings. The molecular weight excluding hydrogens is 477 g/mol. The normalized spacial score (nSPS) is 11.2. The first-order chi connectivity index (χ1) is 15.2. The van der Waals surface area contributed by atoms with Gasteiger partial charge in [0, 0.05) is 21.2 Å². The van der Waals surface area contributed by atoms with Crippen molar-refractivity contribution >= 4 is 46.7 Å². The number of benzene rings is 1. The molecule has 0 aliphatic carbocycles. The lowest BCUT2D eigenvalue weighted by Crippen LogP contribution is -2.17. The highest BCUT2D eigenvalue weighted by molar-refractivity contribution is 6.36. The van der Waals surface area contributed by atoms with Gasteiger partial charge in [0.15, 0.2) is 5.69 Å². The molecule has 0 spiro atoms. The number of carbonyl (C=O) groups excluding carboxylic acids is 1. The second-order valence-electron chi connectivity index (χ2n) is 7.13. The minimum atomic E-state index is -0.502. The molecule has 0 radical (unpaired) electrons. The molecule has 32 heavy (non-hydrogen) atoms. The molecule has 1 aromatic carbocycles. The maximum atomic E-state index is 12.9. The number of rotatable bonds is 6. The van der Waals surface area contributed by atoms with Crippen LogP contribution in [0.4, 0.5) is 5.95 Å². The highest BCUT2D eigenvalue weighted by Gasteiger charge is 2.23. The molecule has 0 fully saturated rings. The molecule has 1 amide bonds. The molecule has 1 N–H and O–H groups in total. The van der Waals surface area contributed by atoms with E-state index in [1.807, 2.05) is 13.8 Å². The fraction of sp³-hybridized carbons (Fsp3) is 0.250. The van der Waals surface area contributed by atoms with Crippen LogP contribution in [-0.2, 0) is 13.1 Å². The topological polar surface area (TPSA) is 104 Å². The third kappa shape index (κ3) is 4.36. The van der Waals surface area contributed by atoms with E-state index < -0.39 is 5.91 Å². The molecular formula is C20H18Cl3N7O2. The number of hydrogen-bond donors (Lipinski definition) is 1. The Kier molecular flexibility index (Phi) is 6.23. The number of hydrogen-bond acceptors (Lipinski definition) is 6. The predicted octanol–water partition coefficient (Wildman–Crippen LogP) is 4.70. The van der Waals surface area contributed by atoms with Crippen molar-refractivity contribution < 1.29 is 9.32 Å². The van der Waals surface area contributed by atoms with Crippen LogP contribution >= 0.6 is 34.8 Å². The van der Waals surface area contributed by atoms with Crippen LogP contribution in [0.2, 0.25) is 15.1 Å². The molecule has 4 rings (SSSR count). The minimum absolute atomic E-state index is 0.110. The number of carbonyl (C=O) groups is 1. The molecule has 0 aliphatic heterocycles. The third-order valence-electron chi connectivity index (χ3n) is 4.94. The fourth-order valence-electron chi connectivity index (χ4n) is 3.17. The zero-order valence-electron chi connectivity index (χ0n) is 17.4. The number of aromatic nitrogens is 6. The van der Waals surface area contributed by atoms with E-state index in [4.69, 9.17) is 39.3 Å². The first-order valence-electron chi connectivity index (χ1n) is 9.53. The number of amides is 1. The Bertz CT molecular complexity index is 1290. The van der Waals surface area contributed by atoms with Crippen molar-refractivity contribution in [1.82, 2.24) is 29.7 Å². The van der Waals surface area contributed by atoms with Gasteiger partial charge in [0.1, 0.15) is 12.1 Å². The lowest BCUT2D eigenvalue weighted by atomic mass is 10.2. The van der Waals surface area contributed by atoms with E-state index in [-0.39, 0.29) is 18.2 Å². The van der Waals surface area contributed by atoms with E-state index in [1.54, 1.807) is 29.8 Å². The van der Waals surface area contributed by atoms with E-state index in [1.165, 1.54) is 11.0 Å². The first kappa shape index (κ1) is 22.3. The second-order valence-corrected chi connectivity index (χ2v) is 8.32. The SMILES string of the molecule is Cc1nn(Cc2c(C(=O)Nc3ncn(Cc4c(Cl)cccc4Cl)n3)noc2C)c(C)c1Cl. The van der Waals surface area contributed by atoms with E-state index >= 15 is 0 Å². The van der Waals surface area contributed by atoms with Crippen LogP contribution in [-0.4, -0.2) is 35.6 Å². The number of aryl methyl sites for hydroxylation is 2. The van der Waals surface area contributed by atoms with Crippen LogP contribution in [0.1, 0.15) is 38.8 Å². The molecule has 0 saturated carbocycles. The van der Waals surface area contributed by atoms with Gasteiger partial charge in [-0.25, -0.2) is 9.67 Å². The highest BCUT2D eigenvalue weighted by atomic mass is 35.5. The quantitative estimate of drug-likeness (QED) is 0.417. The number of anilines is 1. The smallest absolute Gasteiger partial charge is 0.280 e. The van der Waals surface area contributed by atoms with Crippen LogP contribution < -0.4 is 5.32 Å². The van der Waals surface area contributed by atoms with E-state index in [2.05, 4.69) is 25.7 Å². The number of nitrogens with one attached hydrogen (secondary N) is 1. The summed E-state index contributed by atoms with van der Waals surface area (Å²) in [4.78, 5) is 17.0. The Morgan fingerprint density at radius 1 is 1.06 bits per heavy atom. The van der Waals surface area contributed by atoms with Crippen molar-refractivity contribution in [1.29, 1.82) is 0 Å². The lowest BCUT2D eigenvalue weighted by Gasteiger charge is -2.06. The van der Waals surface area contributed by atoms with Crippen LogP contribution in [0.3, 0.4) is 0 Å². The van der Waals surface area contributed by atoms with E-state index in [9.17, 15) is 4.79 Å². The van der Waals surface area contributed by atoms with Crippen LogP contribution in [0.5, 0.6) is 0 Å². The van der Waals surface area contributed by atoms with Crippen LogP contribution in [0.15, 0.2) is 29.0 Å². The molecule has 0 unspecified atom stereocenters. The Morgan fingerprint density at radius 3 is 2.44 bits per heavy atom. The summed E-state index contributed by atoms with van der Waals surface area (Å²) in [6, 6.07) is 5.25. The van der Waals surface area contributed by atoms with E-state index in [0.29, 0.717) is 44.2 Å². The largest absolute Gasteiger partial charge is 0.361 e. The summed E-state index contributed by atoms with van der Waals surface area (Å²) in [7, 11) is 0. The summed E-state index contributed by atoms with van der Waals surface area (Å²) in [6.45, 7) is 5.98. The summed E-state index contributed by atoms with van der Waals surface area (Å²) in [5.41, 5.74) is 2.91. The van der Waals surface area contributed by atoms with Gasteiger partial charge in [-0.15, -0.1) is 5.10 Å². The average molecular weight is 495 g/mol. The molecule has 9 nitrogen and oxygen atoms in total. The number of nitrogens with zero attached hydrogens (tertiary/aromatic N) is 6. The van der Waals surface area contributed by atoms with E-state index in [0.717, 1.165) is 5.69 Å². The van der Waals surface area contributed by atoms with Crippen LogP contribution in [0.25, 0.3) is 0 Å². The summed E-state index contributed by atoms with van der Waals surface area (Å²) in [5.74, 6) is 0.114. The van der Waals surface area contributed by atoms with Gasteiger partial charge < -0.3 is 4.52 Å². The zero-order chi connectivity index (χ0) is 23.0. The maximum absolute atomic E-state index is 12.9. The Balaban J connectivity index is 1.51.